The summed E-state index contributed by atoms with van der Waals surface area (Å²) < 4.78 is 1.03. The number of benzene rings is 1. The molecule has 1 aliphatic rings. The normalized spacial score (nSPS) is 21.9. The molecule has 1 fully saturated rings. The van der Waals surface area contributed by atoms with Crippen LogP contribution in [0.1, 0.15) is 24.9 Å². The Morgan fingerprint density at radius 3 is 3.00 bits per heavy atom. The number of thioether (sulfide) groups is 1. The first kappa shape index (κ1) is 16.6. The fraction of sp³-hybridized carbons (Fsp3) is 0.600. The summed E-state index contributed by atoms with van der Waals surface area (Å²) in [7, 11) is 2.01. The molecule has 0 amide bonds. The average Bonchev–Trinajstić information content (AvgIpc) is 2.43. The summed E-state index contributed by atoms with van der Waals surface area (Å²) in [4.78, 5) is 2.59. The molecule has 2 unspecified atom stereocenters. The summed E-state index contributed by atoms with van der Waals surface area (Å²) in [6, 6.07) is 7.15. The van der Waals surface area contributed by atoms with Gasteiger partial charge in [-0.15, -0.1) is 0 Å². The molecular weight excluding hydrogens is 356 g/mol. The number of rotatable bonds is 5. The first-order chi connectivity index (χ1) is 9.61. The molecule has 1 saturated heterocycles. The molecular formula is C15H22BrClN2S. The Morgan fingerprint density at radius 1 is 1.55 bits per heavy atom. The lowest BCUT2D eigenvalue weighted by atomic mass is 10.0. The number of hydrogen-bond acceptors (Lipinski definition) is 3. The van der Waals surface area contributed by atoms with E-state index in [9.17, 15) is 0 Å². The molecule has 1 aromatic rings. The Morgan fingerprint density at radius 2 is 2.35 bits per heavy atom. The molecule has 0 radical (unpaired) electrons. The van der Waals surface area contributed by atoms with Crippen LogP contribution in [0.5, 0.6) is 0 Å². The molecule has 0 aliphatic carbocycles. The highest BCUT2D eigenvalue weighted by atomic mass is 79.9. The predicted molar refractivity (Wildman–Crippen MR) is 93.9 cm³/mol. The SMILES string of the molecule is CNC(CCN1CCSCC1C)c1ccc(Br)cc1Cl. The Balaban J connectivity index is 1.98. The van der Waals surface area contributed by atoms with Crippen LogP contribution < -0.4 is 5.32 Å². The molecule has 2 atom stereocenters. The predicted octanol–water partition coefficient (Wildman–Crippen LogP) is 4.19. The molecule has 1 heterocycles. The van der Waals surface area contributed by atoms with Crippen molar-refractivity contribution in [3.63, 3.8) is 0 Å². The monoisotopic (exact) mass is 376 g/mol. The van der Waals surface area contributed by atoms with Gasteiger partial charge in [-0.3, -0.25) is 4.90 Å². The van der Waals surface area contributed by atoms with Crippen molar-refractivity contribution in [2.75, 3.05) is 31.6 Å². The molecule has 20 heavy (non-hydrogen) atoms. The third kappa shape index (κ3) is 4.38. The van der Waals surface area contributed by atoms with Gasteiger partial charge in [-0.25, -0.2) is 0 Å². The van der Waals surface area contributed by atoms with Crippen LogP contribution >= 0.6 is 39.3 Å². The summed E-state index contributed by atoms with van der Waals surface area (Å²) in [6.45, 7) is 4.66. The second-order valence-electron chi connectivity index (χ2n) is 5.26. The van der Waals surface area contributed by atoms with Gasteiger partial charge in [0.2, 0.25) is 0 Å². The summed E-state index contributed by atoms with van der Waals surface area (Å²) in [5, 5.41) is 4.24. The smallest absolute Gasteiger partial charge is 0.0465 e. The third-order valence-corrected chi connectivity index (χ3v) is 5.91. The zero-order valence-corrected chi connectivity index (χ0v) is 15.2. The van der Waals surface area contributed by atoms with Gasteiger partial charge in [0, 0.05) is 46.2 Å². The van der Waals surface area contributed by atoms with E-state index >= 15 is 0 Å². The van der Waals surface area contributed by atoms with E-state index in [2.05, 4.69) is 57.0 Å². The van der Waals surface area contributed by atoms with Crippen LogP contribution in [0.15, 0.2) is 22.7 Å². The minimum absolute atomic E-state index is 0.317. The summed E-state index contributed by atoms with van der Waals surface area (Å²) >= 11 is 11.9. The molecule has 2 rings (SSSR count). The van der Waals surface area contributed by atoms with Crippen molar-refractivity contribution in [1.82, 2.24) is 10.2 Å². The van der Waals surface area contributed by atoms with Gasteiger partial charge in [0.1, 0.15) is 0 Å². The maximum atomic E-state index is 6.37. The van der Waals surface area contributed by atoms with E-state index in [-0.39, 0.29) is 0 Å². The Kier molecular flexibility index (Phi) is 6.69. The molecule has 0 saturated carbocycles. The molecule has 0 aromatic heterocycles. The first-order valence-electron chi connectivity index (χ1n) is 7.06. The highest BCUT2D eigenvalue weighted by Gasteiger charge is 2.20. The minimum atomic E-state index is 0.317. The molecule has 112 valence electrons. The van der Waals surface area contributed by atoms with Crippen LogP contribution in [-0.2, 0) is 0 Å². The number of nitrogens with zero attached hydrogens (tertiary/aromatic N) is 1. The number of halogens is 2. The number of hydrogen-bond donors (Lipinski definition) is 1. The van der Waals surface area contributed by atoms with Gasteiger partial charge < -0.3 is 5.32 Å². The van der Waals surface area contributed by atoms with Crippen LogP contribution in [0, 0.1) is 0 Å². The van der Waals surface area contributed by atoms with Crippen LogP contribution in [0.4, 0.5) is 0 Å². The van der Waals surface area contributed by atoms with Crippen LogP contribution in [-0.4, -0.2) is 42.6 Å². The summed E-state index contributed by atoms with van der Waals surface area (Å²) in [5.74, 6) is 2.51. The Hall–Kier alpha value is 0.260. The van der Waals surface area contributed by atoms with E-state index in [0.717, 1.165) is 22.5 Å². The first-order valence-corrected chi connectivity index (χ1v) is 9.38. The highest BCUT2D eigenvalue weighted by molar-refractivity contribution is 9.10. The standard InChI is InChI=1S/C15H22BrClN2S/c1-11-10-20-8-7-19(11)6-5-15(18-2)13-4-3-12(16)9-14(13)17/h3-4,9,11,15,18H,5-8,10H2,1-2H3. The number of nitrogens with one attached hydrogen (secondary N) is 1. The van der Waals surface area contributed by atoms with E-state index in [1.165, 1.54) is 23.6 Å². The van der Waals surface area contributed by atoms with Gasteiger partial charge in [0.15, 0.2) is 0 Å². The van der Waals surface area contributed by atoms with Crippen molar-refractivity contribution in [1.29, 1.82) is 0 Å². The summed E-state index contributed by atoms with van der Waals surface area (Å²) in [5.41, 5.74) is 1.19. The van der Waals surface area contributed by atoms with E-state index < -0.39 is 0 Å². The third-order valence-electron chi connectivity index (χ3n) is 3.90. The van der Waals surface area contributed by atoms with Crippen LogP contribution in [0.2, 0.25) is 5.02 Å². The van der Waals surface area contributed by atoms with Crippen molar-refractivity contribution in [2.24, 2.45) is 0 Å². The molecule has 0 spiro atoms. The van der Waals surface area contributed by atoms with Gasteiger partial charge >= 0.3 is 0 Å². The maximum absolute atomic E-state index is 6.37. The van der Waals surface area contributed by atoms with Gasteiger partial charge in [-0.1, -0.05) is 33.6 Å². The van der Waals surface area contributed by atoms with Gasteiger partial charge in [-0.05, 0) is 38.1 Å². The quantitative estimate of drug-likeness (QED) is 0.828. The largest absolute Gasteiger partial charge is 0.313 e. The Bertz CT molecular complexity index is 444. The lowest BCUT2D eigenvalue weighted by Gasteiger charge is -2.34. The van der Waals surface area contributed by atoms with Gasteiger partial charge in [-0.2, -0.15) is 11.8 Å². The van der Waals surface area contributed by atoms with Crippen LogP contribution in [0.3, 0.4) is 0 Å². The van der Waals surface area contributed by atoms with Crippen molar-refractivity contribution in [2.45, 2.75) is 25.4 Å². The van der Waals surface area contributed by atoms with Crippen molar-refractivity contribution in [3.8, 4) is 0 Å². The second kappa shape index (κ2) is 8.04. The molecule has 1 aromatic carbocycles. The van der Waals surface area contributed by atoms with E-state index in [4.69, 9.17) is 11.6 Å². The molecule has 5 heteroatoms. The van der Waals surface area contributed by atoms with Crippen LogP contribution in [0.25, 0.3) is 0 Å². The average molecular weight is 378 g/mol. The van der Waals surface area contributed by atoms with E-state index in [1.807, 2.05) is 13.1 Å². The van der Waals surface area contributed by atoms with Crippen molar-refractivity contribution >= 4 is 39.3 Å². The van der Waals surface area contributed by atoms with E-state index in [1.54, 1.807) is 0 Å². The maximum Gasteiger partial charge on any atom is 0.0465 e. The lowest BCUT2D eigenvalue weighted by Crippen LogP contribution is -2.41. The van der Waals surface area contributed by atoms with Gasteiger partial charge in [0.25, 0.3) is 0 Å². The van der Waals surface area contributed by atoms with Crippen molar-refractivity contribution in [3.05, 3.63) is 33.3 Å². The molecule has 0 bridgehead atoms. The zero-order chi connectivity index (χ0) is 14.5. The summed E-state index contributed by atoms with van der Waals surface area (Å²) in [6.07, 6.45) is 1.09. The lowest BCUT2D eigenvalue weighted by molar-refractivity contribution is 0.220. The highest BCUT2D eigenvalue weighted by Crippen LogP contribution is 2.28. The fourth-order valence-corrected chi connectivity index (χ4v) is 4.52. The Labute approximate surface area is 139 Å². The molecule has 1 aliphatic heterocycles. The molecule has 1 N–H and O–H groups in total. The zero-order valence-electron chi connectivity index (χ0n) is 12.0. The second-order valence-corrected chi connectivity index (χ2v) is 7.73. The minimum Gasteiger partial charge on any atom is -0.313 e. The van der Waals surface area contributed by atoms with Crippen molar-refractivity contribution < 1.29 is 0 Å². The molecule has 2 nitrogen and oxygen atoms in total. The topological polar surface area (TPSA) is 15.3 Å². The fourth-order valence-electron chi connectivity index (χ4n) is 2.63. The van der Waals surface area contributed by atoms with Gasteiger partial charge in [0.05, 0.1) is 0 Å². The van der Waals surface area contributed by atoms with E-state index in [0.29, 0.717) is 12.1 Å².